The smallest absolute Gasteiger partial charge is 0.255 e. The Bertz CT molecular complexity index is 733. The second-order valence-corrected chi connectivity index (χ2v) is 7.40. The number of carbonyl (C=O) groups is 1. The molecule has 134 valence electrons. The number of carbonyl (C=O) groups excluding carboxylic acids is 1. The molecule has 0 aliphatic carbocycles. The number of benzene rings is 1. The average Bonchev–Trinajstić information content (AvgIpc) is 3.03. The standard InChI is InChI=1S/C20H28N4O/c1-13(2)19-17(20(25)23-18-12-21-10-9-15(18)4)11-22-24(19)16-7-5-14(3)6-8-16/h5-8,11,13,15,18,21H,9-10,12H2,1-4H3,(H,23,25). The molecule has 2 N–H and O–H groups in total. The molecule has 1 aromatic carbocycles. The van der Waals surface area contributed by atoms with Gasteiger partial charge in [0, 0.05) is 12.6 Å². The summed E-state index contributed by atoms with van der Waals surface area (Å²) in [6, 6.07) is 8.39. The molecule has 0 spiro atoms. The number of aromatic nitrogens is 2. The van der Waals surface area contributed by atoms with Crippen LogP contribution in [0.3, 0.4) is 0 Å². The van der Waals surface area contributed by atoms with Gasteiger partial charge in [-0.2, -0.15) is 5.10 Å². The van der Waals surface area contributed by atoms with Crippen LogP contribution in [0.15, 0.2) is 30.5 Å². The van der Waals surface area contributed by atoms with Gasteiger partial charge in [-0.1, -0.05) is 38.5 Å². The van der Waals surface area contributed by atoms with Gasteiger partial charge in [0.1, 0.15) is 0 Å². The number of piperidine rings is 1. The van der Waals surface area contributed by atoms with Crippen LogP contribution in [0.5, 0.6) is 0 Å². The van der Waals surface area contributed by atoms with E-state index in [1.54, 1.807) is 6.20 Å². The molecule has 3 rings (SSSR count). The first kappa shape index (κ1) is 17.7. The molecule has 5 heteroatoms. The summed E-state index contributed by atoms with van der Waals surface area (Å²) in [6.07, 6.45) is 2.79. The summed E-state index contributed by atoms with van der Waals surface area (Å²) in [5.41, 5.74) is 3.82. The monoisotopic (exact) mass is 340 g/mol. The van der Waals surface area contributed by atoms with Crippen LogP contribution in [-0.4, -0.2) is 34.8 Å². The summed E-state index contributed by atoms with van der Waals surface area (Å²) in [7, 11) is 0. The van der Waals surface area contributed by atoms with Gasteiger partial charge in [0.2, 0.25) is 0 Å². The molecule has 2 aromatic rings. The van der Waals surface area contributed by atoms with Crippen LogP contribution in [0, 0.1) is 12.8 Å². The molecule has 1 amide bonds. The lowest BCUT2D eigenvalue weighted by Gasteiger charge is -2.30. The molecule has 0 radical (unpaired) electrons. The minimum atomic E-state index is -0.0254. The SMILES string of the molecule is Cc1ccc(-n2ncc(C(=O)NC3CNCCC3C)c2C(C)C)cc1. The quantitative estimate of drug-likeness (QED) is 0.899. The minimum Gasteiger partial charge on any atom is -0.348 e. The maximum atomic E-state index is 12.9. The van der Waals surface area contributed by atoms with Crippen LogP contribution in [0.25, 0.3) is 5.69 Å². The van der Waals surface area contributed by atoms with Crippen molar-refractivity contribution in [2.24, 2.45) is 5.92 Å². The molecule has 0 bridgehead atoms. The lowest BCUT2D eigenvalue weighted by molar-refractivity contribution is 0.0914. The third kappa shape index (κ3) is 3.76. The van der Waals surface area contributed by atoms with Crippen LogP contribution in [-0.2, 0) is 0 Å². The Balaban J connectivity index is 1.88. The first-order valence-electron chi connectivity index (χ1n) is 9.14. The van der Waals surface area contributed by atoms with Crippen LogP contribution in [0.4, 0.5) is 0 Å². The predicted molar refractivity (Wildman–Crippen MR) is 100 cm³/mol. The van der Waals surface area contributed by atoms with Gasteiger partial charge in [0.15, 0.2) is 0 Å². The van der Waals surface area contributed by atoms with Gasteiger partial charge in [-0.15, -0.1) is 0 Å². The number of rotatable bonds is 4. The maximum Gasteiger partial charge on any atom is 0.255 e. The second-order valence-electron chi connectivity index (χ2n) is 7.40. The van der Waals surface area contributed by atoms with Crippen molar-refractivity contribution in [1.29, 1.82) is 0 Å². The topological polar surface area (TPSA) is 59.0 Å². The normalized spacial score (nSPS) is 20.7. The van der Waals surface area contributed by atoms with E-state index >= 15 is 0 Å². The second kappa shape index (κ2) is 7.40. The molecule has 1 aromatic heterocycles. The maximum absolute atomic E-state index is 12.9. The van der Waals surface area contributed by atoms with Crippen LogP contribution in [0.2, 0.25) is 0 Å². The first-order valence-corrected chi connectivity index (χ1v) is 9.14. The summed E-state index contributed by atoms with van der Waals surface area (Å²) in [4.78, 5) is 12.9. The zero-order valence-electron chi connectivity index (χ0n) is 15.5. The van der Waals surface area contributed by atoms with Crippen molar-refractivity contribution >= 4 is 5.91 Å². The lowest BCUT2D eigenvalue weighted by atomic mass is 9.94. The van der Waals surface area contributed by atoms with Gasteiger partial charge in [-0.3, -0.25) is 4.79 Å². The van der Waals surface area contributed by atoms with E-state index in [-0.39, 0.29) is 17.9 Å². The summed E-state index contributed by atoms with van der Waals surface area (Å²) >= 11 is 0. The highest BCUT2D eigenvalue weighted by atomic mass is 16.1. The summed E-state index contributed by atoms with van der Waals surface area (Å²) in [5.74, 6) is 0.661. The largest absolute Gasteiger partial charge is 0.348 e. The highest BCUT2D eigenvalue weighted by Gasteiger charge is 2.26. The van der Waals surface area contributed by atoms with Crippen molar-refractivity contribution in [2.45, 2.75) is 46.1 Å². The van der Waals surface area contributed by atoms with Crippen LogP contribution in [0.1, 0.15) is 54.7 Å². The number of hydrogen-bond acceptors (Lipinski definition) is 3. The van der Waals surface area contributed by atoms with Crippen molar-refractivity contribution in [1.82, 2.24) is 20.4 Å². The van der Waals surface area contributed by atoms with E-state index in [0.29, 0.717) is 11.5 Å². The van der Waals surface area contributed by atoms with E-state index in [4.69, 9.17) is 0 Å². The number of nitrogens with one attached hydrogen (secondary N) is 2. The molecule has 5 nitrogen and oxygen atoms in total. The Hall–Kier alpha value is -2.14. The molecule has 2 atom stereocenters. The molecule has 1 fully saturated rings. The molecule has 2 heterocycles. The van der Waals surface area contributed by atoms with Gasteiger partial charge in [-0.25, -0.2) is 4.68 Å². The van der Waals surface area contributed by atoms with Gasteiger partial charge >= 0.3 is 0 Å². The Morgan fingerprint density at radius 2 is 2.04 bits per heavy atom. The van der Waals surface area contributed by atoms with Crippen molar-refractivity contribution in [3.8, 4) is 5.69 Å². The van der Waals surface area contributed by atoms with E-state index in [1.165, 1.54) is 5.56 Å². The zero-order valence-corrected chi connectivity index (χ0v) is 15.5. The molecular weight excluding hydrogens is 312 g/mol. The molecular formula is C20H28N4O. The van der Waals surface area contributed by atoms with E-state index < -0.39 is 0 Å². The number of aryl methyl sites for hydroxylation is 1. The summed E-state index contributed by atoms with van der Waals surface area (Å²) < 4.78 is 1.89. The van der Waals surface area contributed by atoms with Crippen molar-refractivity contribution in [2.75, 3.05) is 13.1 Å². The number of amides is 1. The van der Waals surface area contributed by atoms with Crippen LogP contribution >= 0.6 is 0 Å². The zero-order chi connectivity index (χ0) is 18.0. The molecule has 25 heavy (non-hydrogen) atoms. The third-order valence-corrected chi connectivity index (χ3v) is 5.02. The first-order chi connectivity index (χ1) is 12.0. The number of nitrogens with zero attached hydrogens (tertiary/aromatic N) is 2. The highest BCUT2D eigenvalue weighted by Crippen LogP contribution is 2.24. The van der Waals surface area contributed by atoms with E-state index in [1.807, 2.05) is 16.8 Å². The predicted octanol–water partition coefficient (Wildman–Crippen LogP) is 3.03. The van der Waals surface area contributed by atoms with Crippen LogP contribution < -0.4 is 10.6 Å². The van der Waals surface area contributed by atoms with E-state index in [2.05, 4.69) is 55.6 Å². The van der Waals surface area contributed by atoms with Gasteiger partial charge in [-0.05, 0) is 43.9 Å². The minimum absolute atomic E-state index is 0.0254. The third-order valence-electron chi connectivity index (χ3n) is 5.02. The summed E-state index contributed by atoms with van der Waals surface area (Å²) in [6.45, 7) is 10.3. The fourth-order valence-electron chi connectivity index (χ4n) is 3.41. The molecule has 2 unspecified atom stereocenters. The fourth-order valence-corrected chi connectivity index (χ4v) is 3.41. The van der Waals surface area contributed by atoms with Gasteiger partial charge in [0.25, 0.3) is 5.91 Å². The average molecular weight is 340 g/mol. The Kier molecular flexibility index (Phi) is 5.23. The van der Waals surface area contributed by atoms with Gasteiger partial charge < -0.3 is 10.6 Å². The van der Waals surface area contributed by atoms with E-state index in [9.17, 15) is 4.79 Å². The number of hydrogen-bond donors (Lipinski definition) is 2. The molecule has 1 aliphatic rings. The molecule has 1 aliphatic heterocycles. The fraction of sp³-hybridized carbons (Fsp3) is 0.500. The van der Waals surface area contributed by atoms with Gasteiger partial charge in [0.05, 0.1) is 23.1 Å². The lowest BCUT2D eigenvalue weighted by Crippen LogP contribution is -2.50. The van der Waals surface area contributed by atoms with Crippen molar-refractivity contribution in [3.05, 3.63) is 47.3 Å². The Labute approximate surface area is 149 Å². The van der Waals surface area contributed by atoms with Crippen molar-refractivity contribution in [3.63, 3.8) is 0 Å². The van der Waals surface area contributed by atoms with Crippen molar-refractivity contribution < 1.29 is 4.79 Å². The Morgan fingerprint density at radius 3 is 2.68 bits per heavy atom. The molecule has 0 saturated carbocycles. The summed E-state index contributed by atoms with van der Waals surface area (Å²) in [5, 5.41) is 11.1. The Morgan fingerprint density at radius 1 is 1.32 bits per heavy atom. The molecule has 1 saturated heterocycles. The highest BCUT2D eigenvalue weighted by molar-refractivity contribution is 5.95. The van der Waals surface area contributed by atoms with E-state index in [0.717, 1.165) is 30.9 Å².